The molecule has 2 rings (SSSR count). The minimum Gasteiger partial charge on any atom is -0.496 e. The average Bonchev–Trinajstić information content (AvgIpc) is 2.52. The quantitative estimate of drug-likeness (QED) is 0.376. The van der Waals surface area contributed by atoms with Gasteiger partial charge in [-0.3, -0.25) is 0 Å². The Kier molecular flexibility index (Phi) is 5.05. The fourth-order valence-electron chi connectivity index (χ4n) is 1.82. The van der Waals surface area contributed by atoms with E-state index in [0.717, 1.165) is 15.8 Å². The number of hydrogen-bond acceptors (Lipinski definition) is 4. The molecule has 5 nitrogen and oxygen atoms in total. The number of halogens is 1. The van der Waals surface area contributed by atoms with Crippen molar-refractivity contribution in [3.63, 3.8) is 0 Å². The molecular weight excluding hydrogens is 336 g/mol. The van der Waals surface area contributed by atoms with Crippen LogP contribution in [0.3, 0.4) is 0 Å². The lowest BCUT2D eigenvalue weighted by atomic mass is 10.2. The molecule has 0 saturated heterocycles. The first kappa shape index (κ1) is 15.2. The van der Waals surface area contributed by atoms with Crippen LogP contribution in [0, 0.1) is 0 Å². The second-order valence-electron chi connectivity index (χ2n) is 4.26. The number of amidine groups is 1. The van der Waals surface area contributed by atoms with Crippen molar-refractivity contribution in [2.45, 2.75) is 6.61 Å². The molecular formula is C15H15BrN2O3. The van der Waals surface area contributed by atoms with Gasteiger partial charge in [0.25, 0.3) is 0 Å². The van der Waals surface area contributed by atoms with Crippen molar-refractivity contribution in [2.24, 2.45) is 10.9 Å². The molecule has 0 saturated carbocycles. The SMILES string of the molecule is COc1ccc(Br)cc1COc1cccc(C(N)=NO)c1. The second-order valence-corrected chi connectivity index (χ2v) is 5.17. The molecule has 0 aliphatic rings. The van der Waals surface area contributed by atoms with Crippen molar-refractivity contribution in [2.75, 3.05) is 7.11 Å². The van der Waals surface area contributed by atoms with Crippen molar-refractivity contribution >= 4 is 21.8 Å². The maximum absolute atomic E-state index is 8.69. The zero-order valence-corrected chi connectivity index (χ0v) is 13.0. The number of nitrogens with zero attached hydrogens (tertiary/aromatic N) is 1. The Balaban J connectivity index is 2.15. The smallest absolute Gasteiger partial charge is 0.170 e. The molecule has 0 fully saturated rings. The lowest BCUT2D eigenvalue weighted by molar-refractivity contribution is 0.296. The highest BCUT2D eigenvalue weighted by atomic mass is 79.9. The first-order valence-electron chi connectivity index (χ1n) is 6.17. The second kappa shape index (κ2) is 6.99. The number of rotatable bonds is 5. The van der Waals surface area contributed by atoms with Gasteiger partial charge in [-0.15, -0.1) is 0 Å². The van der Waals surface area contributed by atoms with Gasteiger partial charge in [0.05, 0.1) is 7.11 Å². The van der Waals surface area contributed by atoms with Gasteiger partial charge in [-0.2, -0.15) is 0 Å². The van der Waals surface area contributed by atoms with E-state index < -0.39 is 0 Å². The molecule has 2 aromatic rings. The van der Waals surface area contributed by atoms with Crippen LogP contribution in [0.1, 0.15) is 11.1 Å². The lowest BCUT2D eigenvalue weighted by Crippen LogP contribution is -2.13. The summed E-state index contributed by atoms with van der Waals surface area (Å²) in [4.78, 5) is 0. The molecule has 0 spiro atoms. The van der Waals surface area contributed by atoms with Crippen LogP contribution >= 0.6 is 15.9 Å². The molecule has 21 heavy (non-hydrogen) atoms. The molecule has 3 N–H and O–H groups in total. The van der Waals surface area contributed by atoms with E-state index in [9.17, 15) is 0 Å². The highest BCUT2D eigenvalue weighted by Gasteiger charge is 2.06. The molecule has 0 heterocycles. The first-order chi connectivity index (χ1) is 10.1. The van der Waals surface area contributed by atoms with E-state index in [1.807, 2.05) is 18.2 Å². The minimum atomic E-state index is 0.0421. The Labute approximate surface area is 131 Å². The lowest BCUT2D eigenvalue weighted by Gasteiger charge is -2.11. The third-order valence-corrected chi connectivity index (χ3v) is 3.37. The summed E-state index contributed by atoms with van der Waals surface area (Å²) in [6, 6.07) is 12.7. The van der Waals surface area contributed by atoms with Gasteiger partial charge in [-0.25, -0.2) is 0 Å². The van der Waals surface area contributed by atoms with Gasteiger partial charge < -0.3 is 20.4 Å². The normalized spacial score (nSPS) is 11.2. The van der Waals surface area contributed by atoms with Gasteiger partial charge in [0, 0.05) is 15.6 Å². The summed E-state index contributed by atoms with van der Waals surface area (Å²) in [5.41, 5.74) is 7.07. The van der Waals surface area contributed by atoms with Gasteiger partial charge in [-0.1, -0.05) is 33.2 Å². The van der Waals surface area contributed by atoms with Crippen molar-refractivity contribution in [1.29, 1.82) is 0 Å². The Morgan fingerprint density at radius 2 is 2.10 bits per heavy atom. The van der Waals surface area contributed by atoms with E-state index in [2.05, 4.69) is 21.1 Å². The Morgan fingerprint density at radius 1 is 1.29 bits per heavy atom. The number of nitrogens with two attached hydrogens (primary N) is 1. The fourth-order valence-corrected chi connectivity index (χ4v) is 2.23. The summed E-state index contributed by atoms with van der Waals surface area (Å²) in [6.45, 7) is 0.349. The maximum Gasteiger partial charge on any atom is 0.170 e. The van der Waals surface area contributed by atoms with Crippen LogP contribution < -0.4 is 15.2 Å². The molecule has 110 valence electrons. The number of hydrogen-bond donors (Lipinski definition) is 2. The summed E-state index contributed by atoms with van der Waals surface area (Å²) >= 11 is 3.42. The van der Waals surface area contributed by atoms with Crippen LogP contribution in [0.2, 0.25) is 0 Å². The average molecular weight is 351 g/mol. The van der Waals surface area contributed by atoms with Crippen LogP contribution in [0.4, 0.5) is 0 Å². The third kappa shape index (κ3) is 3.88. The number of benzene rings is 2. The predicted molar refractivity (Wildman–Crippen MR) is 84.0 cm³/mol. The molecule has 0 unspecified atom stereocenters. The summed E-state index contributed by atoms with van der Waals surface area (Å²) < 4.78 is 12.0. The standard InChI is InChI=1S/C15H15BrN2O3/c1-20-14-6-5-12(16)7-11(14)9-21-13-4-2-3-10(8-13)15(17)18-19/h2-8,19H,9H2,1H3,(H2,17,18). The summed E-state index contributed by atoms with van der Waals surface area (Å²) in [5.74, 6) is 1.42. The van der Waals surface area contributed by atoms with Crippen LogP contribution in [0.15, 0.2) is 52.1 Å². The van der Waals surface area contributed by atoms with Gasteiger partial charge in [0.1, 0.15) is 18.1 Å². The molecule has 0 atom stereocenters. The number of methoxy groups -OCH3 is 1. The van der Waals surface area contributed by atoms with Crippen LogP contribution in [-0.4, -0.2) is 18.2 Å². The number of ether oxygens (including phenoxy) is 2. The van der Waals surface area contributed by atoms with Crippen molar-refractivity contribution in [1.82, 2.24) is 0 Å². The molecule has 6 heteroatoms. The molecule has 0 aliphatic heterocycles. The molecule has 0 aromatic heterocycles. The predicted octanol–water partition coefficient (Wildman–Crippen LogP) is 3.13. The zero-order chi connectivity index (χ0) is 15.2. The van der Waals surface area contributed by atoms with E-state index in [1.165, 1.54) is 0 Å². The largest absolute Gasteiger partial charge is 0.496 e. The van der Waals surface area contributed by atoms with Crippen molar-refractivity contribution < 1.29 is 14.7 Å². The first-order valence-corrected chi connectivity index (χ1v) is 6.96. The van der Waals surface area contributed by atoms with Gasteiger partial charge in [0.2, 0.25) is 0 Å². The Hall–Kier alpha value is -2.21. The van der Waals surface area contributed by atoms with Crippen LogP contribution in [-0.2, 0) is 6.61 Å². The van der Waals surface area contributed by atoms with Crippen molar-refractivity contribution in [3.05, 3.63) is 58.1 Å². The topological polar surface area (TPSA) is 77.1 Å². The van der Waals surface area contributed by atoms with Crippen LogP contribution in [0.5, 0.6) is 11.5 Å². The molecule has 0 amide bonds. The highest BCUT2D eigenvalue weighted by molar-refractivity contribution is 9.10. The zero-order valence-electron chi connectivity index (χ0n) is 11.4. The molecule has 0 bridgehead atoms. The van der Waals surface area contributed by atoms with E-state index in [0.29, 0.717) is 17.9 Å². The van der Waals surface area contributed by atoms with Crippen molar-refractivity contribution in [3.8, 4) is 11.5 Å². The molecule has 2 aromatic carbocycles. The van der Waals surface area contributed by atoms with Gasteiger partial charge >= 0.3 is 0 Å². The minimum absolute atomic E-state index is 0.0421. The molecule has 0 radical (unpaired) electrons. The monoisotopic (exact) mass is 350 g/mol. The Morgan fingerprint density at radius 3 is 2.81 bits per heavy atom. The van der Waals surface area contributed by atoms with Crippen LogP contribution in [0.25, 0.3) is 0 Å². The summed E-state index contributed by atoms with van der Waals surface area (Å²) in [5, 5.41) is 11.7. The fraction of sp³-hybridized carbons (Fsp3) is 0.133. The maximum atomic E-state index is 8.69. The summed E-state index contributed by atoms with van der Waals surface area (Å²) in [7, 11) is 1.62. The summed E-state index contributed by atoms with van der Waals surface area (Å²) in [6.07, 6.45) is 0. The van der Waals surface area contributed by atoms with E-state index in [1.54, 1.807) is 31.4 Å². The molecule has 0 aliphatic carbocycles. The van der Waals surface area contributed by atoms with Gasteiger partial charge in [0.15, 0.2) is 5.84 Å². The third-order valence-electron chi connectivity index (χ3n) is 2.87. The van der Waals surface area contributed by atoms with E-state index >= 15 is 0 Å². The van der Waals surface area contributed by atoms with E-state index in [-0.39, 0.29) is 5.84 Å². The Bertz CT molecular complexity index is 659. The van der Waals surface area contributed by atoms with E-state index in [4.69, 9.17) is 20.4 Å². The highest BCUT2D eigenvalue weighted by Crippen LogP contribution is 2.24. The number of oxime groups is 1. The van der Waals surface area contributed by atoms with Gasteiger partial charge in [-0.05, 0) is 30.3 Å².